The maximum Gasteiger partial charge on any atom is 0.240 e. The van der Waals surface area contributed by atoms with Crippen molar-refractivity contribution in [1.29, 1.82) is 0 Å². The van der Waals surface area contributed by atoms with Gasteiger partial charge in [-0.15, -0.1) is 0 Å². The van der Waals surface area contributed by atoms with Gasteiger partial charge in [0, 0.05) is 24.3 Å². The quantitative estimate of drug-likeness (QED) is 0.0580. The molecule has 0 rings (SSSR count). The maximum atomic E-state index is 11.6. The summed E-state index contributed by atoms with van der Waals surface area (Å²) in [6.45, 7) is -1.50. The van der Waals surface area contributed by atoms with Crippen molar-refractivity contribution in [3.8, 4) is 0 Å². The van der Waals surface area contributed by atoms with E-state index < -0.39 is 61.7 Å². The van der Waals surface area contributed by atoms with Crippen LogP contribution in [0.5, 0.6) is 0 Å². The van der Waals surface area contributed by atoms with Gasteiger partial charge in [-0.3, -0.25) is 9.59 Å². The first-order valence-corrected chi connectivity index (χ1v) is 10.3. The van der Waals surface area contributed by atoms with Crippen molar-refractivity contribution in [2.75, 3.05) is 24.7 Å². The van der Waals surface area contributed by atoms with Gasteiger partial charge < -0.3 is 40.9 Å². The molecule has 0 aromatic rings. The predicted molar refractivity (Wildman–Crippen MR) is 110 cm³/mol. The van der Waals surface area contributed by atoms with E-state index in [1.54, 1.807) is 0 Å². The average Bonchev–Trinajstić information content (AvgIpc) is 2.76. The minimum Gasteiger partial charge on any atom is -0.394 e. The van der Waals surface area contributed by atoms with Gasteiger partial charge in [0.25, 0.3) is 0 Å². The summed E-state index contributed by atoms with van der Waals surface area (Å²) in [5.41, 5.74) is 4.22. The van der Waals surface area contributed by atoms with Crippen molar-refractivity contribution in [1.82, 2.24) is 10.9 Å². The lowest BCUT2D eigenvalue weighted by Crippen LogP contribution is -2.40. The molecule has 0 aliphatic carbocycles. The summed E-state index contributed by atoms with van der Waals surface area (Å²) in [7, 11) is 0. The Labute approximate surface area is 182 Å². The van der Waals surface area contributed by atoms with Gasteiger partial charge in [0.1, 0.15) is 36.6 Å². The Morgan fingerprint density at radius 3 is 1.42 bits per heavy atom. The fraction of sp³-hybridized carbons (Fsp3) is 0.750. The molecule has 15 heteroatoms. The molecule has 6 unspecified atom stereocenters. The van der Waals surface area contributed by atoms with E-state index in [1.165, 1.54) is 11.8 Å². The largest absolute Gasteiger partial charge is 0.394 e. The van der Waals surface area contributed by atoms with E-state index in [2.05, 4.69) is 21.1 Å². The van der Waals surface area contributed by atoms with Gasteiger partial charge in [0.2, 0.25) is 11.8 Å². The van der Waals surface area contributed by atoms with Gasteiger partial charge in [-0.1, -0.05) is 0 Å². The number of carbonyl (C=O) groups excluding carboxylic acids is 2. The van der Waals surface area contributed by atoms with Crippen LogP contribution in [0.4, 0.5) is 0 Å². The first-order chi connectivity index (χ1) is 14.6. The van der Waals surface area contributed by atoms with Crippen molar-refractivity contribution in [2.45, 2.75) is 49.5 Å². The van der Waals surface area contributed by atoms with Gasteiger partial charge in [-0.25, -0.2) is 10.9 Å². The van der Waals surface area contributed by atoms with Crippen LogP contribution < -0.4 is 10.9 Å². The van der Waals surface area contributed by atoms with Crippen LogP contribution in [-0.2, 0) is 9.59 Å². The smallest absolute Gasteiger partial charge is 0.240 e. The highest BCUT2D eigenvalue weighted by molar-refractivity contribution is 7.99. The highest BCUT2D eigenvalue weighted by atomic mass is 32.2. The number of nitrogens with one attached hydrogen (secondary N) is 2. The molecule has 2 amide bonds. The molecule has 0 aromatic carbocycles. The zero-order valence-electron chi connectivity index (χ0n) is 16.6. The minimum atomic E-state index is -1.66. The molecule has 31 heavy (non-hydrogen) atoms. The third-order valence-corrected chi connectivity index (χ3v) is 4.63. The summed E-state index contributed by atoms with van der Waals surface area (Å²) < 4.78 is 0. The van der Waals surface area contributed by atoms with Gasteiger partial charge in [0.05, 0.1) is 25.6 Å². The van der Waals surface area contributed by atoms with E-state index in [9.17, 15) is 30.0 Å². The molecule has 0 aliphatic heterocycles. The lowest BCUT2D eigenvalue weighted by molar-refractivity contribution is -0.121. The maximum absolute atomic E-state index is 11.6. The van der Waals surface area contributed by atoms with E-state index in [0.29, 0.717) is 11.5 Å². The molecule has 10 N–H and O–H groups in total. The number of hydrogen-bond donors (Lipinski definition) is 10. The summed E-state index contributed by atoms with van der Waals surface area (Å²) in [4.78, 5) is 23.1. The van der Waals surface area contributed by atoms with Crippen LogP contribution in [0.3, 0.4) is 0 Å². The summed E-state index contributed by atoms with van der Waals surface area (Å²) in [5.74, 6) is -0.258. The van der Waals surface area contributed by atoms with Crippen LogP contribution in [-0.4, -0.2) is 126 Å². The molecule has 0 radical (unpaired) electrons. The Kier molecular flexibility index (Phi) is 16.0. The Hall–Kier alpha value is -1.69. The molecule has 0 saturated heterocycles. The predicted octanol–water partition coefficient (Wildman–Crippen LogP) is -5.15. The molecule has 0 saturated carbocycles. The van der Waals surface area contributed by atoms with E-state index in [-0.39, 0.29) is 12.8 Å². The number of aliphatic hydroxyl groups is 8. The Morgan fingerprint density at radius 2 is 1.10 bits per heavy atom. The van der Waals surface area contributed by atoms with Gasteiger partial charge in [-0.2, -0.15) is 22.0 Å². The number of hydrazone groups is 2. The van der Waals surface area contributed by atoms with Crippen LogP contribution >= 0.6 is 11.8 Å². The Bertz CT molecular complexity index is 535. The van der Waals surface area contributed by atoms with Crippen molar-refractivity contribution >= 4 is 36.0 Å². The number of amides is 2. The highest BCUT2D eigenvalue weighted by Gasteiger charge is 2.23. The third-order valence-electron chi connectivity index (χ3n) is 3.64. The van der Waals surface area contributed by atoms with E-state index in [1.807, 2.05) is 0 Å². The van der Waals surface area contributed by atoms with Gasteiger partial charge in [0.15, 0.2) is 0 Å². The summed E-state index contributed by atoms with van der Waals surface area (Å²) in [5, 5.41) is 80.1. The fourth-order valence-corrected chi connectivity index (χ4v) is 2.63. The first kappa shape index (κ1) is 29.3. The Balaban J connectivity index is 3.94. The average molecular weight is 471 g/mol. The fourth-order valence-electron chi connectivity index (χ4n) is 1.76. The molecular formula is C16H30N4O10S. The standard InChI is InChI=1S/C16H30N4O10S/c21-7-11(25)15(29)9(23)5-17-19-13(27)1-3-31-4-2-14(28)20-18-6-10(24)16(30)12(26)8-22/h5-6,9-12,15-16,21-26,29-30H,1-4,7-8H2,(H,19,27)(H,20,28)/b17-5+,18-6+. The second-order valence-corrected chi connectivity index (χ2v) is 7.43. The Morgan fingerprint density at radius 1 is 0.742 bits per heavy atom. The molecule has 6 atom stereocenters. The minimum absolute atomic E-state index is 0.0525. The van der Waals surface area contributed by atoms with Crippen molar-refractivity contribution in [3.63, 3.8) is 0 Å². The first-order valence-electron chi connectivity index (χ1n) is 9.15. The van der Waals surface area contributed by atoms with Crippen LogP contribution in [0, 0.1) is 0 Å². The number of thioether (sulfide) groups is 1. The van der Waals surface area contributed by atoms with Crippen LogP contribution in [0.1, 0.15) is 12.8 Å². The summed E-state index contributed by atoms with van der Waals surface area (Å²) >= 11 is 1.29. The molecule has 180 valence electrons. The summed E-state index contributed by atoms with van der Waals surface area (Å²) in [6, 6.07) is 0. The number of hydrogen-bond acceptors (Lipinski definition) is 13. The SMILES string of the molecule is O=C(CCSCCC(=O)N/N=C/C(O)C(O)C(O)CO)N/N=C/C(O)C(O)C(O)CO. The lowest BCUT2D eigenvalue weighted by atomic mass is 10.1. The zero-order valence-corrected chi connectivity index (χ0v) is 17.4. The van der Waals surface area contributed by atoms with Gasteiger partial charge in [-0.05, 0) is 0 Å². The number of aliphatic hydroxyl groups excluding tert-OH is 8. The zero-order chi connectivity index (χ0) is 23.8. The van der Waals surface area contributed by atoms with Crippen molar-refractivity contribution < 1.29 is 50.4 Å². The van der Waals surface area contributed by atoms with E-state index in [4.69, 9.17) is 20.4 Å². The number of nitrogens with zero attached hydrogens (tertiary/aromatic N) is 2. The molecule has 0 bridgehead atoms. The normalized spacial score (nSPS) is 17.8. The van der Waals surface area contributed by atoms with E-state index in [0.717, 1.165) is 12.4 Å². The topological polar surface area (TPSA) is 245 Å². The number of carbonyl (C=O) groups is 2. The molecule has 14 nitrogen and oxygen atoms in total. The molecule has 0 spiro atoms. The van der Waals surface area contributed by atoms with Crippen molar-refractivity contribution in [2.24, 2.45) is 10.2 Å². The second kappa shape index (κ2) is 16.9. The third kappa shape index (κ3) is 13.4. The van der Waals surface area contributed by atoms with Crippen LogP contribution in [0.15, 0.2) is 10.2 Å². The molecule has 0 heterocycles. The molecule has 0 aromatic heterocycles. The van der Waals surface area contributed by atoms with E-state index >= 15 is 0 Å². The molecule has 0 aliphatic rings. The second-order valence-electron chi connectivity index (χ2n) is 6.20. The van der Waals surface area contributed by atoms with Crippen molar-refractivity contribution in [3.05, 3.63) is 0 Å². The summed E-state index contributed by atoms with van der Waals surface area (Å²) in [6.07, 6.45) is -7.86. The molecular weight excluding hydrogens is 440 g/mol. The molecule has 0 fully saturated rings. The van der Waals surface area contributed by atoms with Crippen LogP contribution in [0.2, 0.25) is 0 Å². The highest BCUT2D eigenvalue weighted by Crippen LogP contribution is 2.04. The monoisotopic (exact) mass is 470 g/mol. The lowest BCUT2D eigenvalue weighted by Gasteiger charge is -2.17. The van der Waals surface area contributed by atoms with Gasteiger partial charge >= 0.3 is 0 Å². The number of rotatable bonds is 16. The van der Waals surface area contributed by atoms with Crippen LogP contribution in [0.25, 0.3) is 0 Å².